The molecule has 0 radical (unpaired) electrons. The van der Waals surface area contributed by atoms with Crippen LogP contribution in [0.5, 0.6) is 0 Å². The van der Waals surface area contributed by atoms with Crippen LogP contribution >= 0.6 is 12.2 Å². The number of nitrogens with one attached hydrogen (secondary N) is 1. The van der Waals surface area contributed by atoms with Gasteiger partial charge in [-0.3, -0.25) is 0 Å². The molecule has 0 amide bonds. The molecule has 0 aliphatic carbocycles. The van der Waals surface area contributed by atoms with E-state index in [9.17, 15) is 0 Å². The Morgan fingerprint density at radius 3 is 3.08 bits per heavy atom. The zero-order valence-electron chi connectivity index (χ0n) is 7.92. The quantitative estimate of drug-likeness (QED) is 0.636. The fourth-order valence-corrected chi connectivity index (χ4v) is 2.00. The second kappa shape index (κ2) is 3.20. The van der Waals surface area contributed by atoms with Crippen molar-refractivity contribution in [3.8, 4) is 0 Å². The molecular weight excluding hydrogens is 182 g/mol. The van der Waals surface area contributed by atoms with Gasteiger partial charge in [-0.25, -0.2) is 4.98 Å². The Kier molecular flexibility index (Phi) is 2.17. The maximum absolute atomic E-state index is 5.03. The molecular formula is C9H13N3S. The van der Waals surface area contributed by atoms with Crippen LogP contribution in [0.15, 0.2) is 0 Å². The fraction of sp³-hybridized carbons (Fsp3) is 0.556. The number of hydrogen-bond acceptors (Lipinski definition) is 3. The molecule has 3 nitrogen and oxygen atoms in total. The Bertz CT molecular complexity index is 383. The Balaban J connectivity index is 2.53. The zero-order chi connectivity index (χ0) is 9.42. The number of aromatic amines is 1. The van der Waals surface area contributed by atoms with Crippen LogP contribution in [0.3, 0.4) is 0 Å². The highest BCUT2D eigenvalue weighted by Gasteiger charge is 2.16. The lowest BCUT2D eigenvalue weighted by molar-refractivity contribution is 0.307. The fourth-order valence-electron chi connectivity index (χ4n) is 1.73. The Morgan fingerprint density at radius 2 is 2.31 bits per heavy atom. The summed E-state index contributed by atoms with van der Waals surface area (Å²) >= 11 is 5.03. The monoisotopic (exact) mass is 195 g/mol. The highest BCUT2D eigenvalue weighted by Crippen LogP contribution is 2.17. The van der Waals surface area contributed by atoms with E-state index < -0.39 is 0 Å². The predicted octanol–water partition coefficient (Wildman–Crippen LogP) is 1.44. The normalized spacial score (nSPS) is 17.1. The smallest absolute Gasteiger partial charge is 0.197 e. The van der Waals surface area contributed by atoms with E-state index in [1.807, 2.05) is 0 Å². The maximum atomic E-state index is 5.03. The Labute approximate surface area is 82.8 Å². The van der Waals surface area contributed by atoms with Crippen molar-refractivity contribution in [1.82, 2.24) is 14.9 Å². The number of aryl methyl sites for hydroxylation is 1. The van der Waals surface area contributed by atoms with E-state index >= 15 is 0 Å². The molecule has 0 aromatic carbocycles. The van der Waals surface area contributed by atoms with Gasteiger partial charge in [-0.2, -0.15) is 0 Å². The van der Waals surface area contributed by atoms with Crippen LogP contribution in [0.4, 0.5) is 0 Å². The molecule has 1 aliphatic heterocycles. The first-order valence-electron chi connectivity index (χ1n) is 4.44. The minimum absolute atomic E-state index is 0.612. The van der Waals surface area contributed by atoms with Crippen LogP contribution in [0.2, 0.25) is 0 Å². The van der Waals surface area contributed by atoms with Crippen LogP contribution in [0.25, 0.3) is 0 Å². The SMILES string of the molecule is Cc1[nH]c(=S)nc2c1CN(C)CC2. The van der Waals surface area contributed by atoms with Crippen molar-refractivity contribution >= 4 is 12.2 Å². The standard InChI is InChI=1S/C9H13N3S/c1-6-7-5-12(2)4-3-8(7)11-9(13)10-6/h3-5H2,1-2H3,(H,10,11,13). The molecule has 0 fully saturated rings. The average Bonchev–Trinajstić information content (AvgIpc) is 2.06. The summed E-state index contributed by atoms with van der Waals surface area (Å²) in [5, 5.41) is 0. The summed E-state index contributed by atoms with van der Waals surface area (Å²) in [6.07, 6.45) is 1.02. The third-order valence-corrected chi connectivity index (χ3v) is 2.68. The van der Waals surface area contributed by atoms with E-state index in [0.717, 1.165) is 19.5 Å². The lowest BCUT2D eigenvalue weighted by atomic mass is 10.1. The number of nitrogens with zero attached hydrogens (tertiary/aromatic N) is 2. The van der Waals surface area contributed by atoms with Gasteiger partial charge in [0.1, 0.15) is 0 Å². The molecule has 2 heterocycles. The first-order valence-corrected chi connectivity index (χ1v) is 4.85. The highest BCUT2D eigenvalue weighted by atomic mass is 32.1. The van der Waals surface area contributed by atoms with E-state index in [4.69, 9.17) is 12.2 Å². The molecule has 0 spiro atoms. The molecule has 4 heteroatoms. The van der Waals surface area contributed by atoms with Crippen molar-refractivity contribution in [3.05, 3.63) is 21.7 Å². The molecule has 0 unspecified atom stereocenters. The van der Waals surface area contributed by atoms with Gasteiger partial charge in [0.15, 0.2) is 4.77 Å². The van der Waals surface area contributed by atoms with Gasteiger partial charge >= 0.3 is 0 Å². The lowest BCUT2D eigenvalue weighted by Gasteiger charge is -2.25. The van der Waals surface area contributed by atoms with Gasteiger partial charge in [-0.15, -0.1) is 0 Å². The number of rotatable bonds is 0. The minimum Gasteiger partial charge on any atom is -0.334 e. The third-order valence-electron chi connectivity index (χ3n) is 2.49. The second-order valence-corrected chi connectivity index (χ2v) is 3.97. The largest absolute Gasteiger partial charge is 0.334 e. The van der Waals surface area contributed by atoms with Crippen LogP contribution < -0.4 is 0 Å². The lowest BCUT2D eigenvalue weighted by Crippen LogP contribution is -2.28. The van der Waals surface area contributed by atoms with Gasteiger partial charge in [0.05, 0.1) is 5.69 Å². The van der Waals surface area contributed by atoms with Crippen molar-refractivity contribution in [3.63, 3.8) is 0 Å². The average molecular weight is 195 g/mol. The van der Waals surface area contributed by atoms with Gasteiger partial charge in [-0.1, -0.05) is 0 Å². The first-order chi connectivity index (χ1) is 6.16. The molecule has 1 N–H and O–H groups in total. The molecule has 0 saturated heterocycles. The van der Waals surface area contributed by atoms with Crippen LogP contribution in [0.1, 0.15) is 17.0 Å². The van der Waals surface area contributed by atoms with Crippen molar-refractivity contribution in [2.45, 2.75) is 19.9 Å². The Morgan fingerprint density at radius 1 is 1.54 bits per heavy atom. The first kappa shape index (κ1) is 8.84. The number of aromatic nitrogens is 2. The predicted molar refractivity (Wildman–Crippen MR) is 54.2 cm³/mol. The van der Waals surface area contributed by atoms with Crippen LogP contribution in [0, 0.1) is 11.7 Å². The number of hydrogen-bond donors (Lipinski definition) is 1. The zero-order valence-corrected chi connectivity index (χ0v) is 8.74. The van der Waals surface area contributed by atoms with Gasteiger partial charge in [0.2, 0.25) is 0 Å². The summed E-state index contributed by atoms with van der Waals surface area (Å²) < 4.78 is 0.612. The number of fused-ring (bicyclic) bond motifs is 1. The summed E-state index contributed by atoms with van der Waals surface area (Å²) in [7, 11) is 2.13. The molecule has 0 bridgehead atoms. The highest BCUT2D eigenvalue weighted by molar-refractivity contribution is 7.71. The van der Waals surface area contributed by atoms with Gasteiger partial charge in [0.25, 0.3) is 0 Å². The summed E-state index contributed by atoms with van der Waals surface area (Å²) in [4.78, 5) is 9.74. The van der Waals surface area contributed by atoms with Crippen molar-refractivity contribution < 1.29 is 0 Å². The molecule has 1 aromatic heterocycles. The molecule has 0 atom stereocenters. The topological polar surface area (TPSA) is 31.9 Å². The van der Waals surface area contributed by atoms with Gasteiger partial charge < -0.3 is 9.88 Å². The molecule has 13 heavy (non-hydrogen) atoms. The van der Waals surface area contributed by atoms with E-state index in [1.165, 1.54) is 17.0 Å². The molecule has 1 aromatic rings. The van der Waals surface area contributed by atoms with Crippen LogP contribution in [-0.4, -0.2) is 28.5 Å². The second-order valence-electron chi connectivity index (χ2n) is 3.58. The Hall–Kier alpha value is -0.740. The van der Waals surface area contributed by atoms with E-state index in [0.29, 0.717) is 4.77 Å². The summed E-state index contributed by atoms with van der Waals surface area (Å²) in [6.45, 7) is 4.13. The molecule has 0 saturated carbocycles. The maximum Gasteiger partial charge on any atom is 0.197 e. The third kappa shape index (κ3) is 1.64. The van der Waals surface area contributed by atoms with Crippen LogP contribution in [-0.2, 0) is 13.0 Å². The number of likely N-dealkylation sites (N-methyl/N-ethyl adjacent to an activating group) is 1. The number of H-pyrrole nitrogens is 1. The van der Waals surface area contributed by atoms with Crippen molar-refractivity contribution in [1.29, 1.82) is 0 Å². The molecule has 2 rings (SSSR count). The van der Waals surface area contributed by atoms with Gasteiger partial charge in [-0.05, 0) is 26.2 Å². The summed E-state index contributed by atoms with van der Waals surface area (Å²) in [5.74, 6) is 0. The summed E-state index contributed by atoms with van der Waals surface area (Å²) in [5.41, 5.74) is 3.67. The van der Waals surface area contributed by atoms with Crippen molar-refractivity contribution in [2.75, 3.05) is 13.6 Å². The van der Waals surface area contributed by atoms with E-state index in [-0.39, 0.29) is 0 Å². The minimum atomic E-state index is 0.612. The molecule has 70 valence electrons. The summed E-state index contributed by atoms with van der Waals surface area (Å²) in [6, 6.07) is 0. The van der Waals surface area contributed by atoms with Crippen molar-refractivity contribution in [2.24, 2.45) is 0 Å². The van der Waals surface area contributed by atoms with E-state index in [2.05, 4.69) is 28.8 Å². The molecule has 1 aliphatic rings. The van der Waals surface area contributed by atoms with Gasteiger partial charge in [0, 0.05) is 30.8 Å². The van der Waals surface area contributed by atoms with E-state index in [1.54, 1.807) is 0 Å².